The first-order chi connectivity index (χ1) is 14.5. The summed E-state index contributed by atoms with van der Waals surface area (Å²) < 4.78 is 11.1. The largest absolute Gasteiger partial charge is 0.493 e. The van der Waals surface area contributed by atoms with E-state index in [-0.39, 0.29) is 23.4 Å². The van der Waals surface area contributed by atoms with Gasteiger partial charge in [0.05, 0.1) is 25.3 Å². The first-order valence-electron chi connectivity index (χ1n) is 10.2. The Hall–Kier alpha value is -2.73. The number of ether oxygens (including phenoxy) is 2. The van der Waals surface area contributed by atoms with Gasteiger partial charge in [-0.25, -0.2) is 0 Å². The number of aryl methyl sites for hydroxylation is 3. The van der Waals surface area contributed by atoms with Crippen LogP contribution in [0.1, 0.15) is 40.9 Å². The number of benzene rings is 2. The van der Waals surface area contributed by atoms with Crippen molar-refractivity contribution in [2.75, 3.05) is 32.6 Å². The van der Waals surface area contributed by atoms with Crippen molar-refractivity contribution < 1.29 is 19.1 Å². The number of anilines is 1. The zero-order valence-electron chi connectivity index (χ0n) is 19.3. The van der Waals surface area contributed by atoms with Gasteiger partial charge in [-0.15, -0.1) is 0 Å². The summed E-state index contributed by atoms with van der Waals surface area (Å²) in [6, 6.07) is 7.13. The van der Waals surface area contributed by atoms with Gasteiger partial charge < -0.3 is 19.7 Å². The minimum atomic E-state index is -0.344. The predicted octanol–water partition coefficient (Wildman–Crippen LogP) is 5.02. The molecule has 0 fully saturated rings. The molecule has 0 spiro atoms. The molecule has 0 aromatic heterocycles. The van der Waals surface area contributed by atoms with Crippen LogP contribution in [-0.4, -0.2) is 44.0 Å². The number of halogens is 1. The Bertz CT molecular complexity index is 949. The van der Waals surface area contributed by atoms with Crippen molar-refractivity contribution in [3.05, 3.63) is 51.5 Å². The summed E-state index contributed by atoms with van der Waals surface area (Å²) in [6.45, 7) is 10.3. The quantitative estimate of drug-likeness (QED) is 0.618. The zero-order chi connectivity index (χ0) is 23.3. The first kappa shape index (κ1) is 24.5. The molecule has 0 aliphatic heterocycles. The number of hydrogen-bond donors (Lipinski definition) is 1. The Morgan fingerprint density at radius 2 is 1.71 bits per heavy atom. The van der Waals surface area contributed by atoms with Crippen LogP contribution < -0.4 is 14.8 Å². The van der Waals surface area contributed by atoms with E-state index < -0.39 is 0 Å². The van der Waals surface area contributed by atoms with Crippen molar-refractivity contribution in [2.24, 2.45) is 5.92 Å². The van der Waals surface area contributed by atoms with Crippen LogP contribution in [0.5, 0.6) is 11.5 Å². The third-order valence-electron chi connectivity index (χ3n) is 4.71. The highest BCUT2D eigenvalue weighted by atomic mass is 35.5. The van der Waals surface area contributed by atoms with Crippen molar-refractivity contribution in [1.82, 2.24) is 4.90 Å². The normalized spacial score (nSPS) is 10.7. The second kappa shape index (κ2) is 10.5. The Balaban J connectivity index is 2.14. The number of nitrogens with zero attached hydrogens (tertiary/aromatic N) is 1. The molecule has 2 rings (SSSR count). The standard InChI is InChI=1S/C24H31ClN2O4/c1-14(2)13-31-23-19(25)10-18(11-20(23)30-7)24(29)27(6)12-21(28)26-22-16(4)8-15(3)9-17(22)5/h8-11,14H,12-13H2,1-7H3,(H,26,28). The van der Waals surface area contributed by atoms with Gasteiger partial charge in [-0.1, -0.05) is 43.1 Å². The molecule has 6 nitrogen and oxygen atoms in total. The second-order valence-corrected chi connectivity index (χ2v) is 8.58. The average molecular weight is 447 g/mol. The Morgan fingerprint density at radius 3 is 2.26 bits per heavy atom. The van der Waals surface area contributed by atoms with Gasteiger partial charge in [0.25, 0.3) is 5.91 Å². The maximum absolute atomic E-state index is 12.9. The number of methoxy groups -OCH3 is 1. The van der Waals surface area contributed by atoms with Crippen LogP contribution in [0, 0.1) is 26.7 Å². The average Bonchev–Trinajstić information content (AvgIpc) is 2.68. The highest BCUT2D eigenvalue weighted by molar-refractivity contribution is 6.32. The molecular formula is C24H31ClN2O4. The SMILES string of the molecule is COc1cc(C(=O)N(C)CC(=O)Nc2c(C)cc(C)cc2C)cc(Cl)c1OCC(C)C. The van der Waals surface area contributed by atoms with E-state index in [1.54, 1.807) is 13.1 Å². The Labute approximate surface area is 189 Å². The highest BCUT2D eigenvalue weighted by Crippen LogP contribution is 2.37. The van der Waals surface area contributed by atoms with Crippen LogP contribution in [0.15, 0.2) is 24.3 Å². The van der Waals surface area contributed by atoms with Crippen LogP contribution in [0.25, 0.3) is 0 Å². The van der Waals surface area contributed by atoms with Crippen LogP contribution in [0.2, 0.25) is 5.02 Å². The van der Waals surface area contributed by atoms with Gasteiger partial charge in [-0.2, -0.15) is 0 Å². The van der Waals surface area contributed by atoms with E-state index in [9.17, 15) is 9.59 Å². The van der Waals surface area contributed by atoms with Gasteiger partial charge in [0.15, 0.2) is 11.5 Å². The molecule has 0 aliphatic rings. The van der Waals surface area contributed by atoms with E-state index in [4.69, 9.17) is 21.1 Å². The lowest BCUT2D eigenvalue weighted by Crippen LogP contribution is -2.35. The van der Waals surface area contributed by atoms with Crippen molar-refractivity contribution in [3.8, 4) is 11.5 Å². The van der Waals surface area contributed by atoms with E-state index in [1.165, 1.54) is 18.1 Å². The molecule has 2 amide bonds. The molecule has 0 aliphatic carbocycles. The van der Waals surface area contributed by atoms with Crippen LogP contribution >= 0.6 is 11.6 Å². The van der Waals surface area contributed by atoms with Crippen molar-refractivity contribution >= 4 is 29.1 Å². The van der Waals surface area contributed by atoms with Gasteiger partial charge in [-0.05, 0) is 49.9 Å². The van der Waals surface area contributed by atoms with Gasteiger partial charge in [0.1, 0.15) is 0 Å². The number of rotatable bonds is 8. The summed E-state index contributed by atoms with van der Waals surface area (Å²) >= 11 is 6.35. The lowest BCUT2D eigenvalue weighted by Gasteiger charge is -2.20. The highest BCUT2D eigenvalue weighted by Gasteiger charge is 2.20. The number of hydrogen-bond acceptors (Lipinski definition) is 4. The third kappa shape index (κ3) is 6.37. The molecule has 0 bridgehead atoms. The van der Waals surface area contributed by atoms with E-state index in [0.717, 1.165) is 22.4 Å². The Morgan fingerprint density at radius 1 is 1.10 bits per heavy atom. The maximum Gasteiger partial charge on any atom is 0.254 e. The van der Waals surface area contributed by atoms with E-state index in [0.29, 0.717) is 29.6 Å². The van der Waals surface area contributed by atoms with Crippen LogP contribution in [-0.2, 0) is 4.79 Å². The van der Waals surface area contributed by atoms with E-state index in [2.05, 4.69) is 5.32 Å². The molecule has 7 heteroatoms. The minimum absolute atomic E-state index is 0.100. The molecule has 2 aromatic carbocycles. The summed E-state index contributed by atoms with van der Waals surface area (Å²) in [5, 5.41) is 3.19. The number of carbonyl (C=O) groups is 2. The minimum Gasteiger partial charge on any atom is -0.493 e. The molecule has 31 heavy (non-hydrogen) atoms. The molecule has 0 radical (unpaired) electrons. The number of nitrogens with one attached hydrogen (secondary N) is 1. The van der Waals surface area contributed by atoms with Crippen molar-refractivity contribution in [3.63, 3.8) is 0 Å². The summed E-state index contributed by atoms with van der Waals surface area (Å²) in [5.74, 6) is 0.469. The molecule has 0 heterocycles. The molecule has 0 unspecified atom stereocenters. The maximum atomic E-state index is 12.9. The van der Waals surface area contributed by atoms with Crippen LogP contribution in [0.4, 0.5) is 5.69 Å². The fourth-order valence-electron chi connectivity index (χ4n) is 3.30. The second-order valence-electron chi connectivity index (χ2n) is 8.18. The van der Waals surface area contributed by atoms with Gasteiger partial charge in [0.2, 0.25) is 5.91 Å². The topological polar surface area (TPSA) is 67.9 Å². The summed E-state index contributed by atoms with van der Waals surface area (Å²) in [6.07, 6.45) is 0. The lowest BCUT2D eigenvalue weighted by molar-refractivity contribution is -0.116. The summed E-state index contributed by atoms with van der Waals surface area (Å²) in [4.78, 5) is 26.8. The summed E-state index contributed by atoms with van der Waals surface area (Å²) in [7, 11) is 3.06. The van der Waals surface area contributed by atoms with E-state index >= 15 is 0 Å². The summed E-state index contributed by atoms with van der Waals surface area (Å²) in [5.41, 5.74) is 4.18. The van der Waals surface area contributed by atoms with Crippen LogP contribution in [0.3, 0.4) is 0 Å². The first-order valence-corrected chi connectivity index (χ1v) is 10.5. The fourth-order valence-corrected chi connectivity index (χ4v) is 3.56. The van der Waals surface area contributed by atoms with Gasteiger partial charge in [-0.3, -0.25) is 9.59 Å². The van der Waals surface area contributed by atoms with Crippen molar-refractivity contribution in [1.29, 1.82) is 0 Å². The fraction of sp³-hybridized carbons (Fsp3) is 0.417. The zero-order valence-corrected chi connectivity index (χ0v) is 20.0. The Kier molecular flexibility index (Phi) is 8.34. The smallest absolute Gasteiger partial charge is 0.254 e. The predicted molar refractivity (Wildman–Crippen MR) is 125 cm³/mol. The number of likely N-dealkylation sites (N-methyl/N-ethyl adjacent to an activating group) is 1. The van der Waals surface area contributed by atoms with E-state index in [1.807, 2.05) is 46.8 Å². The molecule has 168 valence electrons. The molecule has 0 saturated carbocycles. The molecular weight excluding hydrogens is 416 g/mol. The molecule has 1 N–H and O–H groups in total. The van der Waals surface area contributed by atoms with Gasteiger partial charge >= 0.3 is 0 Å². The van der Waals surface area contributed by atoms with Crippen molar-refractivity contribution in [2.45, 2.75) is 34.6 Å². The molecule has 2 aromatic rings. The lowest BCUT2D eigenvalue weighted by atomic mass is 10.1. The molecule has 0 atom stereocenters. The third-order valence-corrected chi connectivity index (χ3v) is 4.99. The van der Waals surface area contributed by atoms with Gasteiger partial charge in [0, 0.05) is 18.3 Å². The molecule has 0 saturated heterocycles. The number of carbonyl (C=O) groups excluding carboxylic acids is 2. The number of amides is 2. The monoisotopic (exact) mass is 446 g/mol.